The number of nitrogen functional groups attached to an aromatic ring is 1. The van der Waals surface area contributed by atoms with E-state index < -0.39 is 36.8 Å². The Bertz CT molecular complexity index is 789. The molecule has 4 atom stereocenters. The second-order valence-corrected chi connectivity index (χ2v) is 5.42. The minimum atomic E-state index is -1.40. The van der Waals surface area contributed by atoms with Gasteiger partial charge in [-0.05, 0) is 6.92 Å². The molecule has 0 aliphatic carbocycles. The molecule has 24 heavy (non-hydrogen) atoms. The first-order valence-corrected chi connectivity index (χ1v) is 7.37. The van der Waals surface area contributed by atoms with Gasteiger partial charge in [-0.15, -0.1) is 5.10 Å². The molecule has 1 saturated heterocycles. The number of anilines is 1. The van der Waals surface area contributed by atoms with Crippen molar-refractivity contribution in [1.29, 1.82) is 0 Å². The van der Waals surface area contributed by atoms with E-state index in [0.29, 0.717) is 17.8 Å². The predicted molar refractivity (Wildman–Crippen MR) is 80.6 cm³/mol. The molecule has 0 bridgehead atoms. The zero-order valence-corrected chi connectivity index (χ0v) is 12.8. The van der Waals surface area contributed by atoms with Crippen molar-refractivity contribution in [3.63, 3.8) is 0 Å². The van der Waals surface area contributed by atoms with Crippen molar-refractivity contribution in [2.24, 2.45) is 0 Å². The summed E-state index contributed by atoms with van der Waals surface area (Å²) in [6.45, 7) is 2.00. The maximum Gasteiger partial charge on any atom is 0.351 e. The van der Waals surface area contributed by atoms with E-state index in [-0.39, 0.29) is 5.82 Å². The number of aliphatic hydroxyl groups excluding tert-OH is 3. The molecular formula is C13H18N6O5. The number of ether oxygens (including phenoxy) is 1. The summed E-state index contributed by atoms with van der Waals surface area (Å²) < 4.78 is 7.94. The van der Waals surface area contributed by atoms with E-state index >= 15 is 0 Å². The van der Waals surface area contributed by atoms with Crippen LogP contribution in [0.2, 0.25) is 0 Å². The lowest BCUT2D eigenvalue weighted by atomic mass is 10.1. The number of hydrogen-bond acceptors (Lipinski definition) is 9. The predicted octanol–water partition coefficient (Wildman–Crippen LogP) is -2.28. The van der Waals surface area contributed by atoms with Gasteiger partial charge in [0.25, 0.3) is 0 Å². The van der Waals surface area contributed by atoms with Crippen LogP contribution in [0.3, 0.4) is 0 Å². The molecule has 0 saturated carbocycles. The number of nitrogens with zero attached hydrogens (tertiary/aromatic N) is 5. The van der Waals surface area contributed by atoms with Crippen LogP contribution in [0.25, 0.3) is 11.3 Å². The van der Waals surface area contributed by atoms with Gasteiger partial charge in [0.2, 0.25) is 0 Å². The average Bonchev–Trinajstić information content (AvgIpc) is 3.14. The van der Waals surface area contributed by atoms with Crippen molar-refractivity contribution in [2.45, 2.75) is 38.0 Å². The summed E-state index contributed by atoms with van der Waals surface area (Å²) in [5.74, 6) is -0.0360. The van der Waals surface area contributed by atoms with Gasteiger partial charge >= 0.3 is 5.69 Å². The van der Waals surface area contributed by atoms with Crippen LogP contribution >= 0.6 is 0 Å². The van der Waals surface area contributed by atoms with Crippen LogP contribution in [0.1, 0.15) is 13.2 Å². The summed E-state index contributed by atoms with van der Waals surface area (Å²) in [6.07, 6.45) is -1.94. The van der Waals surface area contributed by atoms with Gasteiger partial charge in [-0.2, -0.15) is 4.98 Å². The molecule has 2 unspecified atom stereocenters. The topological polar surface area (TPSA) is 162 Å². The number of aryl methyl sites for hydroxylation is 1. The Kier molecular flexibility index (Phi) is 4.32. The third-order valence-electron chi connectivity index (χ3n) is 3.91. The molecule has 0 amide bonds. The van der Waals surface area contributed by atoms with Crippen molar-refractivity contribution in [3.05, 3.63) is 22.9 Å². The van der Waals surface area contributed by atoms with Gasteiger partial charge in [0, 0.05) is 12.7 Å². The van der Waals surface area contributed by atoms with Crippen LogP contribution in [0.5, 0.6) is 0 Å². The standard InChI is InChI=1S/C13H18N6O5/c1-2-18-4-7(16-17-18)6-3-19(13(23)15-11(6)14)12-10(22)9(21)8(5-20)24-12/h3-4,8-10,12,20-22H,2,5H2,1H3,(H2,14,15,23)/t8-,9?,10?,12-/m1/s1. The second-order valence-electron chi connectivity index (χ2n) is 5.42. The SMILES string of the molecule is CCn1cc(-c2cn([C@@H]3O[C@H](CO)C(O)C3O)c(=O)nc2N)nn1. The second kappa shape index (κ2) is 6.28. The van der Waals surface area contributed by atoms with Crippen molar-refractivity contribution >= 4 is 5.82 Å². The van der Waals surface area contributed by atoms with Crippen LogP contribution in [0, 0.1) is 0 Å². The molecule has 11 nitrogen and oxygen atoms in total. The summed E-state index contributed by atoms with van der Waals surface area (Å²) in [7, 11) is 0. The summed E-state index contributed by atoms with van der Waals surface area (Å²) >= 11 is 0. The van der Waals surface area contributed by atoms with Gasteiger partial charge in [0.15, 0.2) is 6.23 Å². The van der Waals surface area contributed by atoms with E-state index in [1.54, 1.807) is 10.9 Å². The van der Waals surface area contributed by atoms with Gasteiger partial charge in [0.1, 0.15) is 29.8 Å². The highest BCUT2D eigenvalue weighted by Gasteiger charge is 2.44. The smallest absolute Gasteiger partial charge is 0.351 e. The Morgan fingerprint density at radius 2 is 2.08 bits per heavy atom. The number of nitrogens with two attached hydrogens (primary N) is 1. The maximum absolute atomic E-state index is 12.1. The minimum Gasteiger partial charge on any atom is -0.394 e. The van der Waals surface area contributed by atoms with E-state index in [2.05, 4.69) is 15.3 Å². The van der Waals surface area contributed by atoms with E-state index in [9.17, 15) is 15.0 Å². The number of aliphatic hydroxyl groups is 3. The molecule has 2 aromatic heterocycles. The molecule has 11 heteroatoms. The van der Waals surface area contributed by atoms with Crippen LogP contribution in [0.15, 0.2) is 17.2 Å². The van der Waals surface area contributed by atoms with Crippen LogP contribution in [0.4, 0.5) is 5.82 Å². The lowest BCUT2D eigenvalue weighted by Crippen LogP contribution is -2.36. The van der Waals surface area contributed by atoms with Gasteiger partial charge < -0.3 is 25.8 Å². The summed E-state index contributed by atoms with van der Waals surface area (Å²) in [5.41, 5.74) is 5.78. The highest BCUT2D eigenvalue weighted by Crippen LogP contribution is 2.30. The molecule has 2 aromatic rings. The van der Waals surface area contributed by atoms with Crippen LogP contribution in [-0.2, 0) is 11.3 Å². The fraction of sp³-hybridized carbons (Fsp3) is 0.538. The van der Waals surface area contributed by atoms with Gasteiger partial charge in [-0.1, -0.05) is 5.21 Å². The lowest BCUT2D eigenvalue weighted by Gasteiger charge is -2.18. The molecule has 0 aromatic carbocycles. The van der Waals surface area contributed by atoms with Crippen molar-refractivity contribution in [3.8, 4) is 11.3 Å². The van der Waals surface area contributed by atoms with Crippen LogP contribution < -0.4 is 11.4 Å². The monoisotopic (exact) mass is 338 g/mol. The summed E-state index contributed by atoms with van der Waals surface area (Å²) in [6, 6.07) is 0. The van der Waals surface area contributed by atoms with Crippen molar-refractivity contribution in [1.82, 2.24) is 24.5 Å². The fourth-order valence-corrected chi connectivity index (χ4v) is 2.55. The molecule has 1 aliphatic rings. The van der Waals surface area contributed by atoms with E-state index in [4.69, 9.17) is 15.6 Å². The van der Waals surface area contributed by atoms with Gasteiger partial charge in [-0.3, -0.25) is 9.25 Å². The molecule has 130 valence electrons. The average molecular weight is 338 g/mol. The summed E-state index contributed by atoms with van der Waals surface area (Å²) in [5, 5.41) is 36.9. The largest absolute Gasteiger partial charge is 0.394 e. The first kappa shape index (κ1) is 16.5. The zero-order valence-electron chi connectivity index (χ0n) is 12.8. The molecule has 0 spiro atoms. The minimum absolute atomic E-state index is 0.0360. The van der Waals surface area contributed by atoms with E-state index in [0.717, 1.165) is 4.57 Å². The fourth-order valence-electron chi connectivity index (χ4n) is 2.55. The molecule has 5 N–H and O–H groups in total. The lowest BCUT2D eigenvalue weighted by molar-refractivity contribution is -0.0548. The first-order valence-electron chi connectivity index (χ1n) is 7.37. The van der Waals surface area contributed by atoms with Crippen LogP contribution in [-0.4, -0.2) is 64.8 Å². The van der Waals surface area contributed by atoms with Gasteiger partial charge in [0.05, 0.1) is 18.4 Å². The molecule has 1 aliphatic heterocycles. The first-order chi connectivity index (χ1) is 11.5. The van der Waals surface area contributed by atoms with Gasteiger partial charge in [-0.25, -0.2) is 4.79 Å². The molecule has 1 fully saturated rings. The highest BCUT2D eigenvalue weighted by atomic mass is 16.6. The Balaban J connectivity index is 2.03. The third kappa shape index (κ3) is 2.67. The Hall–Kier alpha value is -2.34. The molecule has 3 heterocycles. The van der Waals surface area contributed by atoms with E-state index in [1.165, 1.54) is 6.20 Å². The molecule has 3 rings (SSSR count). The maximum atomic E-state index is 12.1. The van der Waals surface area contributed by atoms with Crippen molar-refractivity contribution < 1.29 is 20.1 Å². The summed E-state index contributed by atoms with van der Waals surface area (Å²) in [4.78, 5) is 15.8. The Morgan fingerprint density at radius 3 is 2.67 bits per heavy atom. The molecular weight excluding hydrogens is 320 g/mol. The number of aromatic nitrogens is 5. The van der Waals surface area contributed by atoms with Crippen molar-refractivity contribution in [2.75, 3.05) is 12.3 Å². The Labute approximate surface area is 135 Å². The zero-order chi connectivity index (χ0) is 17.4. The number of hydrogen-bond donors (Lipinski definition) is 4. The quantitative estimate of drug-likeness (QED) is 0.481. The normalized spacial score (nSPS) is 26.8. The highest BCUT2D eigenvalue weighted by molar-refractivity contribution is 5.68. The Morgan fingerprint density at radius 1 is 1.33 bits per heavy atom. The number of rotatable bonds is 4. The third-order valence-corrected chi connectivity index (χ3v) is 3.91. The van der Waals surface area contributed by atoms with E-state index in [1.807, 2.05) is 6.92 Å². The molecule has 0 radical (unpaired) electrons.